The molecule has 0 aliphatic carbocycles. The van der Waals surface area contributed by atoms with Crippen molar-refractivity contribution in [1.29, 1.82) is 0 Å². The Balaban J connectivity index is 2.97. The van der Waals surface area contributed by atoms with Gasteiger partial charge in [0, 0.05) is 0 Å². The third-order valence-electron chi connectivity index (χ3n) is 1.35. The van der Waals surface area contributed by atoms with Gasteiger partial charge in [0.15, 0.2) is 23.5 Å². The van der Waals surface area contributed by atoms with Crippen molar-refractivity contribution < 1.29 is 13.9 Å². The van der Waals surface area contributed by atoms with Gasteiger partial charge in [-0.3, -0.25) is 4.79 Å². The maximum absolute atomic E-state index is 12.8. The summed E-state index contributed by atoms with van der Waals surface area (Å²) in [7, 11) is 0. The zero-order valence-corrected chi connectivity index (χ0v) is 6.57. The summed E-state index contributed by atoms with van der Waals surface area (Å²) in [5.41, 5.74) is -0.413. The SMILES string of the molecule is O=CCOc1cccc(F)c1N=O. The van der Waals surface area contributed by atoms with Crippen LogP contribution in [0.5, 0.6) is 5.75 Å². The van der Waals surface area contributed by atoms with Gasteiger partial charge in [0.05, 0.1) is 0 Å². The van der Waals surface area contributed by atoms with Gasteiger partial charge >= 0.3 is 0 Å². The molecule has 0 aliphatic heterocycles. The lowest BCUT2D eigenvalue weighted by atomic mass is 10.3. The van der Waals surface area contributed by atoms with E-state index in [-0.39, 0.29) is 12.4 Å². The molecular formula is C8H6FNO3. The molecule has 4 nitrogen and oxygen atoms in total. The molecule has 0 N–H and O–H groups in total. The molecule has 0 heterocycles. The normalized spacial score (nSPS) is 9.31. The molecule has 0 aliphatic rings. The highest BCUT2D eigenvalue weighted by Crippen LogP contribution is 2.29. The molecule has 1 rings (SSSR count). The van der Waals surface area contributed by atoms with Crippen LogP contribution in [0.1, 0.15) is 0 Å². The number of nitrogens with zero attached hydrogens (tertiary/aromatic N) is 1. The Morgan fingerprint density at radius 3 is 2.92 bits per heavy atom. The lowest BCUT2D eigenvalue weighted by Crippen LogP contribution is -1.98. The van der Waals surface area contributed by atoms with Crippen LogP contribution in [0.15, 0.2) is 23.4 Å². The number of ether oxygens (including phenoxy) is 1. The van der Waals surface area contributed by atoms with Crippen LogP contribution in [0.3, 0.4) is 0 Å². The van der Waals surface area contributed by atoms with Crippen LogP contribution in [0.4, 0.5) is 10.1 Å². The Bertz CT molecular complexity index is 327. The van der Waals surface area contributed by atoms with Crippen molar-refractivity contribution in [3.8, 4) is 5.75 Å². The molecule has 1 aromatic carbocycles. The zero-order chi connectivity index (χ0) is 9.68. The van der Waals surface area contributed by atoms with Gasteiger partial charge in [-0.15, -0.1) is 4.91 Å². The van der Waals surface area contributed by atoms with Crippen LogP contribution in [-0.4, -0.2) is 12.9 Å². The topological polar surface area (TPSA) is 55.7 Å². The summed E-state index contributed by atoms with van der Waals surface area (Å²) in [4.78, 5) is 20.1. The van der Waals surface area contributed by atoms with Crippen LogP contribution in [0.25, 0.3) is 0 Å². The molecule has 0 spiro atoms. The number of nitroso groups, excluding NO2 is 1. The van der Waals surface area contributed by atoms with E-state index >= 15 is 0 Å². The summed E-state index contributed by atoms with van der Waals surface area (Å²) in [6, 6.07) is 3.82. The quantitative estimate of drug-likeness (QED) is 0.528. The van der Waals surface area contributed by atoms with Gasteiger partial charge in [-0.2, -0.15) is 0 Å². The predicted molar refractivity (Wildman–Crippen MR) is 43.4 cm³/mol. The van der Waals surface area contributed by atoms with Gasteiger partial charge in [-0.1, -0.05) is 6.07 Å². The molecule has 5 heteroatoms. The van der Waals surface area contributed by atoms with Gasteiger partial charge in [-0.05, 0) is 17.3 Å². The Kier molecular flexibility index (Phi) is 3.08. The van der Waals surface area contributed by atoms with E-state index < -0.39 is 11.5 Å². The Morgan fingerprint density at radius 1 is 1.54 bits per heavy atom. The van der Waals surface area contributed by atoms with E-state index in [1.807, 2.05) is 0 Å². The van der Waals surface area contributed by atoms with Crippen LogP contribution in [0.2, 0.25) is 0 Å². The molecular weight excluding hydrogens is 177 g/mol. The molecule has 0 saturated heterocycles. The smallest absolute Gasteiger partial charge is 0.185 e. The summed E-state index contributed by atoms with van der Waals surface area (Å²) in [6.45, 7) is -0.230. The minimum absolute atomic E-state index is 0.0258. The number of carbonyl (C=O) groups excluding carboxylic acids is 1. The summed E-state index contributed by atoms with van der Waals surface area (Å²) in [6.07, 6.45) is 0.499. The largest absolute Gasteiger partial charge is 0.484 e. The molecule has 68 valence electrons. The Labute approximate surface area is 73.3 Å². The molecule has 13 heavy (non-hydrogen) atoms. The average Bonchev–Trinajstić information content (AvgIpc) is 2.15. The van der Waals surface area contributed by atoms with Crippen LogP contribution >= 0.6 is 0 Å². The molecule has 0 atom stereocenters. The second-order valence-corrected chi connectivity index (χ2v) is 2.16. The zero-order valence-electron chi connectivity index (χ0n) is 6.57. The van der Waals surface area contributed by atoms with E-state index in [0.29, 0.717) is 6.29 Å². The Hall–Kier alpha value is -1.78. The molecule has 0 fully saturated rings. The molecule has 0 saturated carbocycles. The van der Waals surface area contributed by atoms with Crippen molar-refractivity contribution in [3.05, 3.63) is 28.9 Å². The van der Waals surface area contributed by atoms with Gasteiger partial charge < -0.3 is 4.74 Å². The number of aldehydes is 1. The van der Waals surface area contributed by atoms with E-state index in [2.05, 4.69) is 5.18 Å². The maximum atomic E-state index is 12.8. The summed E-state index contributed by atoms with van der Waals surface area (Å²) in [5, 5.41) is 2.46. The first-order valence-electron chi connectivity index (χ1n) is 3.48. The van der Waals surface area contributed by atoms with E-state index in [9.17, 15) is 14.1 Å². The predicted octanol–water partition coefficient (Wildman–Crippen LogP) is 1.80. The van der Waals surface area contributed by atoms with E-state index in [0.717, 1.165) is 6.07 Å². The number of hydrogen-bond donors (Lipinski definition) is 0. The lowest BCUT2D eigenvalue weighted by Gasteiger charge is -2.03. The fraction of sp³-hybridized carbons (Fsp3) is 0.125. The third-order valence-corrected chi connectivity index (χ3v) is 1.35. The molecule has 0 aromatic heterocycles. The fourth-order valence-corrected chi connectivity index (χ4v) is 0.824. The molecule has 0 radical (unpaired) electrons. The first-order chi connectivity index (χ1) is 6.29. The van der Waals surface area contributed by atoms with Gasteiger partial charge in [0.2, 0.25) is 0 Å². The fourth-order valence-electron chi connectivity index (χ4n) is 0.824. The monoisotopic (exact) mass is 183 g/mol. The average molecular weight is 183 g/mol. The maximum Gasteiger partial charge on any atom is 0.185 e. The Morgan fingerprint density at radius 2 is 2.31 bits per heavy atom. The van der Waals surface area contributed by atoms with Gasteiger partial charge in [0.25, 0.3) is 0 Å². The van der Waals surface area contributed by atoms with E-state index in [1.165, 1.54) is 12.1 Å². The standard InChI is InChI=1S/C8H6FNO3/c9-6-2-1-3-7(8(6)10-12)13-5-4-11/h1-4H,5H2. The van der Waals surface area contributed by atoms with Crippen molar-refractivity contribution in [2.24, 2.45) is 5.18 Å². The highest BCUT2D eigenvalue weighted by atomic mass is 19.1. The number of halogens is 1. The summed E-state index contributed by atoms with van der Waals surface area (Å²) < 4.78 is 17.6. The minimum atomic E-state index is -0.765. The molecule has 0 amide bonds. The van der Waals surface area contributed by atoms with Crippen LogP contribution in [0, 0.1) is 10.7 Å². The first kappa shape index (κ1) is 9.31. The number of rotatable bonds is 4. The first-order valence-corrected chi connectivity index (χ1v) is 3.48. The van der Waals surface area contributed by atoms with Crippen molar-refractivity contribution >= 4 is 12.0 Å². The van der Waals surface area contributed by atoms with Crippen molar-refractivity contribution in [1.82, 2.24) is 0 Å². The second kappa shape index (κ2) is 4.30. The highest BCUT2D eigenvalue weighted by molar-refractivity contribution is 5.55. The van der Waals surface area contributed by atoms with Crippen molar-refractivity contribution in [3.63, 3.8) is 0 Å². The molecule has 0 unspecified atom stereocenters. The van der Waals surface area contributed by atoms with E-state index in [4.69, 9.17) is 4.74 Å². The number of carbonyl (C=O) groups is 1. The van der Waals surface area contributed by atoms with Gasteiger partial charge in [-0.25, -0.2) is 4.39 Å². The molecule has 0 bridgehead atoms. The van der Waals surface area contributed by atoms with Crippen LogP contribution in [-0.2, 0) is 4.79 Å². The van der Waals surface area contributed by atoms with Crippen molar-refractivity contribution in [2.45, 2.75) is 0 Å². The highest BCUT2D eigenvalue weighted by Gasteiger charge is 2.09. The summed E-state index contributed by atoms with van der Waals surface area (Å²) >= 11 is 0. The number of benzene rings is 1. The lowest BCUT2D eigenvalue weighted by molar-refractivity contribution is -0.109. The van der Waals surface area contributed by atoms with Crippen molar-refractivity contribution in [2.75, 3.05) is 6.61 Å². The molecule has 1 aromatic rings. The van der Waals surface area contributed by atoms with Crippen LogP contribution < -0.4 is 4.74 Å². The minimum Gasteiger partial charge on any atom is -0.484 e. The third kappa shape index (κ3) is 2.08. The number of hydrogen-bond acceptors (Lipinski definition) is 4. The van der Waals surface area contributed by atoms with Gasteiger partial charge in [0.1, 0.15) is 6.61 Å². The van der Waals surface area contributed by atoms with E-state index in [1.54, 1.807) is 0 Å². The second-order valence-electron chi connectivity index (χ2n) is 2.16. The summed E-state index contributed by atoms with van der Waals surface area (Å²) in [5.74, 6) is -0.791.